The van der Waals surface area contributed by atoms with Crippen molar-refractivity contribution in [2.45, 2.75) is 51.7 Å². The van der Waals surface area contributed by atoms with E-state index in [0.717, 1.165) is 16.9 Å². The summed E-state index contributed by atoms with van der Waals surface area (Å²) in [4.78, 5) is 2.15. The van der Waals surface area contributed by atoms with E-state index in [4.69, 9.17) is 4.74 Å². The van der Waals surface area contributed by atoms with Crippen molar-refractivity contribution in [3.05, 3.63) is 53.8 Å². The molecule has 0 bridgehead atoms. The molecule has 0 aliphatic carbocycles. The molecule has 2 N–H and O–H groups in total. The molecule has 6 nitrogen and oxygen atoms in total. The van der Waals surface area contributed by atoms with Crippen LogP contribution in [0.15, 0.2) is 42.5 Å². The van der Waals surface area contributed by atoms with Gasteiger partial charge in [0.2, 0.25) is 10.0 Å². The number of ether oxygens (including phenoxy) is 1. The predicted molar refractivity (Wildman–Crippen MR) is 120 cm³/mol. The molecule has 2 aromatic carbocycles. The second-order valence-electron chi connectivity index (χ2n) is 8.07. The van der Waals surface area contributed by atoms with Crippen molar-refractivity contribution >= 4 is 27.1 Å². The second kappa shape index (κ2) is 9.22. The van der Waals surface area contributed by atoms with Gasteiger partial charge in [-0.3, -0.25) is 4.72 Å². The molecule has 2 aromatic rings. The Labute approximate surface area is 178 Å². The average Bonchev–Trinajstić information content (AvgIpc) is 2.67. The fourth-order valence-corrected chi connectivity index (χ4v) is 4.16. The minimum atomic E-state index is -3.37. The highest BCUT2D eigenvalue weighted by molar-refractivity contribution is 7.93. The van der Waals surface area contributed by atoms with Gasteiger partial charge in [-0.2, -0.15) is 0 Å². The normalized spacial score (nSPS) is 19.7. The van der Waals surface area contributed by atoms with Crippen LogP contribution in [-0.2, 0) is 21.3 Å². The second-order valence-corrected chi connectivity index (χ2v) is 10.3. The molecular formula is C22H30FN3O3S. The molecule has 0 aromatic heterocycles. The molecule has 0 saturated carbocycles. The van der Waals surface area contributed by atoms with Gasteiger partial charge in [0.05, 0.1) is 28.8 Å². The molecule has 1 fully saturated rings. The maximum atomic E-state index is 14.0. The maximum Gasteiger partial charge on any atom is 0.235 e. The molecule has 0 amide bonds. The fourth-order valence-electron chi connectivity index (χ4n) is 3.46. The first-order chi connectivity index (χ1) is 14.1. The molecule has 1 aliphatic rings. The molecule has 8 heteroatoms. The Morgan fingerprint density at radius 1 is 1.10 bits per heavy atom. The van der Waals surface area contributed by atoms with Crippen molar-refractivity contribution in [3.8, 4) is 0 Å². The summed E-state index contributed by atoms with van der Waals surface area (Å²) in [5, 5.41) is 2.88. The Bertz CT molecular complexity index is 954. The number of benzene rings is 2. The molecule has 1 heterocycles. The van der Waals surface area contributed by atoms with Crippen molar-refractivity contribution in [2.24, 2.45) is 0 Å². The Kier molecular flexibility index (Phi) is 6.88. The number of hydrogen-bond acceptors (Lipinski definition) is 5. The minimum Gasteiger partial charge on any atom is -0.379 e. The van der Waals surface area contributed by atoms with Gasteiger partial charge in [-0.15, -0.1) is 0 Å². The molecule has 1 aliphatic heterocycles. The highest BCUT2D eigenvalue weighted by Crippen LogP contribution is 2.30. The Morgan fingerprint density at radius 3 is 2.33 bits per heavy atom. The fraction of sp³-hybridized carbons (Fsp3) is 0.455. The summed E-state index contributed by atoms with van der Waals surface area (Å²) in [7, 11) is -3.37. The van der Waals surface area contributed by atoms with Crippen LogP contribution in [0.4, 0.5) is 21.5 Å². The van der Waals surface area contributed by atoms with E-state index in [1.165, 1.54) is 6.07 Å². The summed E-state index contributed by atoms with van der Waals surface area (Å²) in [6.45, 7) is 9.24. The summed E-state index contributed by atoms with van der Waals surface area (Å²) in [6, 6.07) is 12.0. The van der Waals surface area contributed by atoms with E-state index in [1.54, 1.807) is 38.1 Å². The van der Waals surface area contributed by atoms with Crippen LogP contribution in [-0.4, -0.2) is 39.0 Å². The Hall–Kier alpha value is -2.32. The van der Waals surface area contributed by atoms with Crippen molar-refractivity contribution < 1.29 is 17.5 Å². The van der Waals surface area contributed by atoms with Gasteiger partial charge in [0.1, 0.15) is 5.82 Å². The van der Waals surface area contributed by atoms with E-state index >= 15 is 0 Å². The third-order valence-corrected chi connectivity index (χ3v) is 6.80. The summed E-state index contributed by atoms with van der Waals surface area (Å²) in [5.41, 5.74) is 3.19. The summed E-state index contributed by atoms with van der Waals surface area (Å²) >= 11 is 0. The monoisotopic (exact) mass is 435 g/mol. The lowest BCUT2D eigenvalue weighted by Crippen LogP contribution is -2.45. The van der Waals surface area contributed by atoms with Gasteiger partial charge in [-0.25, -0.2) is 12.8 Å². The van der Waals surface area contributed by atoms with Gasteiger partial charge >= 0.3 is 0 Å². The molecule has 0 unspecified atom stereocenters. The zero-order valence-electron chi connectivity index (χ0n) is 17.9. The highest BCUT2D eigenvalue weighted by Gasteiger charge is 2.24. The van der Waals surface area contributed by atoms with Crippen LogP contribution >= 0.6 is 0 Å². The van der Waals surface area contributed by atoms with Gasteiger partial charge in [0.15, 0.2) is 0 Å². The van der Waals surface area contributed by atoms with Crippen LogP contribution in [0.25, 0.3) is 0 Å². The lowest BCUT2D eigenvalue weighted by molar-refractivity contribution is -0.00519. The highest BCUT2D eigenvalue weighted by atomic mass is 32.2. The molecule has 30 heavy (non-hydrogen) atoms. The quantitative estimate of drug-likeness (QED) is 0.682. The van der Waals surface area contributed by atoms with E-state index in [2.05, 4.69) is 14.9 Å². The molecule has 3 rings (SSSR count). The van der Waals surface area contributed by atoms with Gasteiger partial charge in [-0.1, -0.05) is 12.1 Å². The van der Waals surface area contributed by atoms with Gasteiger partial charge in [0.25, 0.3) is 0 Å². The largest absolute Gasteiger partial charge is 0.379 e. The van der Waals surface area contributed by atoms with Gasteiger partial charge in [-0.05, 0) is 63.6 Å². The average molecular weight is 436 g/mol. The zero-order valence-corrected chi connectivity index (χ0v) is 18.7. The standard InChI is InChI=1S/C22H30FN3O3S/c1-15(2)30(27,28)25-20-8-5-18(6-9-20)12-24-21-10-7-19(23)11-22(21)26-13-16(3)29-17(4)14-26/h5-11,15-17,24-25H,12-14H2,1-4H3/t16-,17+. The number of nitrogens with zero attached hydrogens (tertiary/aromatic N) is 1. The predicted octanol–water partition coefficient (Wildman–Crippen LogP) is 4.20. The number of hydrogen-bond donors (Lipinski definition) is 2. The lowest BCUT2D eigenvalue weighted by atomic mass is 10.1. The maximum absolute atomic E-state index is 14.0. The third-order valence-electron chi connectivity index (χ3n) is 5.04. The van der Waals surface area contributed by atoms with Crippen LogP contribution in [0.5, 0.6) is 0 Å². The first-order valence-corrected chi connectivity index (χ1v) is 11.7. The molecule has 0 radical (unpaired) electrons. The Morgan fingerprint density at radius 2 is 1.73 bits per heavy atom. The van der Waals surface area contributed by atoms with E-state index in [0.29, 0.717) is 25.3 Å². The lowest BCUT2D eigenvalue weighted by Gasteiger charge is -2.37. The van der Waals surface area contributed by atoms with E-state index in [9.17, 15) is 12.8 Å². The molecular weight excluding hydrogens is 405 g/mol. The van der Waals surface area contributed by atoms with Crippen LogP contribution < -0.4 is 14.9 Å². The zero-order chi connectivity index (χ0) is 21.9. The SMILES string of the molecule is CC(C)S(=O)(=O)Nc1ccc(CNc2ccc(F)cc2N2C[C@@H](C)O[C@@H](C)C2)cc1. The first kappa shape index (κ1) is 22.4. The summed E-state index contributed by atoms with van der Waals surface area (Å²) < 4.78 is 46.3. The smallest absolute Gasteiger partial charge is 0.235 e. The van der Waals surface area contributed by atoms with Gasteiger partial charge in [0, 0.05) is 25.3 Å². The van der Waals surface area contributed by atoms with E-state index in [1.807, 2.05) is 26.0 Å². The van der Waals surface area contributed by atoms with E-state index < -0.39 is 15.3 Å². The molecule has 0 spiro atoms. The first-order valence-electron chi connectivity index (χ1n) is 10.2. The summed E-state index contributed by atoms with van der Waals surface area (Å²) in [6.07, 6.45) is 0.152. The Balaban J connectivity index is 1.70. The number of morpholine rings is 1. The number of rotatable bonds is 7. The van der Waals surface area contributed by atoms with Crippen molar-refractivity contribution in [3.63, 3.8) is 0 Å². The van der Waals surface area contributed by atoms with E-state index in [-0.39, 0.29) is 18.0 Å². The number of anilines is 3. The van der Waals surface area contributed by atoms with Crippen molar-refractivity contribution in [1.29, 1.82) is 0 Å². The number of sulfonamides is 1. The van der Waals surface area contributed by atoms with Gasteiger partial charge < -0.3 is 15.0 Å². The topological polar surface area (TPSA) is 70.7 Å². The minimum absolute atomic E-state index is 0.0760. The number of halogens is 1. The summed E-state index contributed by atoms with van der Waals surface area (Å²) in [5.74, 6) is -0.274. The van der Waals surface area contributed by atoms with Crippen LogP contribution in [0.1, 0.15) is 33.3 Å². The third kappa shape index (κ3) is 5.64. The van der Waals surface area contributed by atoms with Crippen LogP contribution in [0, 0.1) is 5.82 Å². The van der Waals surface area contributed by atoms with Crippen LogP contribution in [0.3, 0.4) is 0 Å². The molecule has 164 valence electrons. The van der Waals surface area contributed by atoms with Crippen LogP contribution in [0.2, 0.25) is 0 Å². The van der Waals surface area contributed by atoms with Crippen molar-refractivity contribution in [2.75, 3.05) is 28.0 Å². The molecule has 2 atom stereocenters. The van der Waals surface area contributed by atoms with Crippen molar-refractivity contribution in [1.82, 2.24) is 0 Å². The number of nitrogens with one attached hydrogen (secondary N) is 2. The molecule has 1 saturated heterocycles.